The van der Waals surface area contributed by atoms with E-state index in [0.717, 1.165) is 12.1 Å². The average Bonchev–Trinajstić information content (AvgIpc) is 2.30. The minimum absolute atomic E-state index is 0.0623. The number of amides is 1. The quantitative estimate of drug-likeness (QED) is 0.876. The molecule has 1 aromatic carbocycles. The average molecular weight is 296 g/mol. The molecular weight excluding hydrogens is 287 g/mol. The molecule has 0 saturated heterocycles. The molecule has 1 aromatic rings. The monoisotopic (exact) mass is 295 g/mol. The second-order valence-corrected chi connectivity index (χ2v) is 4.05. The fourth-order valence-electron chi connectivity index (χ4n) is 1.31. The van der Waals surface area contributed by atoms with Gasteiger partial charge >= 0.3 is 5.97 Å². The zero-order valence-electron chi connectivity index (χ0n) is 9.37. The first-order chi connectivity index (χ1) is 8.81. The fourth-order valence-corrected chi connectivity index (χ4v) is 1.48. The van der Waals surface area contributed by atoms with E-state index in [0.29, 0.717) is 0 Å². The molecule has 4 nitrogen and oxygen atoms in total. The molecule has 104 valence electrons. The van der Waals surface area contributed by atoms with Crippen LogP contribution in [0.3, 0.4) is 0 Å². The zero-order chi connectivity index (χ0) is 14.6. The molecule has 0 aliphatic heterocycles. The van der Waals surface area contributed by atoms with E-state index in [1.165, 1.54) is 6.07 Å². The lowest BCUT2D eigenvalue weighted by Crippen LogP contribution is -2.42. The molecular formula is C11H9ClF3NO3. The number of benzene rings is 1. The van der Waals surface area contributed by atoms with Crippen LogP contribution >= 0.6 is 11.6 Å². The molecule has 1 amide bonds. The van der Waals surface area contributed by atoms with Crippen molar-refractivity contribution in [2.75, 3.05) is 0 Å². The molecule has 0 saturated carbocycles. The molecule has 0 heterocycles. The summed E-state index contributed by atoms with van der Waals surface area (Å²) in [5, 5.41) is 10.6. The first kappa shape index (κ1) is 15.3. The van der Waals surface area contributed by atoms with Crippen molar-refractivity contribution in [3.05, 3.63) is 34.6 Å². The predicted molar refractivity (Wildman–Crippen MR) is 60.9 cm³/mol. The minimum Gasteiger partial charge on any atom is -0.480 e. The number of hydrogen-bond acceptors (Lipinski definition) is 2. The molecule has 0 aliphatic carbocycles. The predicted octanol–water partition coefficient (Wildman–Crippen LogP) is 2.32. The van der Waals surface area contributed by atoms with Crippen LogP contribution in [0.1, 0.15) is 16.8 Å². The van der Waals surface area contributed by atoms with Crippen LogP contribution in [-0.4, -0.2) is 29.5 Å². The van der Waals surface area contributed by atoms with E-state index in [9.17, 15) is 22.8 Å². The molecule has 0 aliphatic rings. The maximum absolute atomic E-state index is 13.3. The van der Waals surface area contributed by atoms with Crippen LogP contribution in [0.4, 0.5) is 13.2 Å². The molecule has 0 fully saturated rings. The number of nitrogens with one attached hydrogen (secondary N) is 1. The number of aliphatic carboxylic acids is 1. The molecule has 1 atom stereocenters. The number of rotatable bonds is 5. The van der Waals surface area contributed by atoms with Crippen molar-refractivity contribution in [1.29, 1.82) is 0 Å². The molecule has 0 aromatic heterocycles. The Hall–Kier alpha value is -1.76. The number of halogens is 4. The van der Waals surface area contributed by atoms with E-state index < -0.39 is 42.1 Å². The maximum Gasteiger partial charge on any atom is 0.326 e. The van der Waals surface area contributed by atoms with E-state index in [1.54, 1.807) is 0 Å². The molecule has 0 spiro atoms. The van der Waals surface area contributed by atoms with Crippen molar-refractivity contribution in [1.82, 2.24) is 5.32 Å². The summed E-state index contributed by atoms with van der Waals surface area (Å²) in [4.78, 5) is 22.3. The zero-order valence-corrected chi connectivity index (χ0v) is 10.1. The van der Waals surface area contributed by atoms with Gasteiger partial charge in [0.1, 0.15) is 11.9 Å². The molecule has 0 bridgehead atoms. The summed E-state index contributed by atoms with van der Waals surface area (Å²) in [6, 6.07) is 1.29. The van der Waals surface area contributed by atoms with E-state index in [1.807, 2.05) is 5.32 Å². The summed E-state index contributed by atoms with van der Waals surface area (Å²) in [5.74, 6) is -3.67. The van der Waals surface area contributed by atoms with E-state index >= 15 is 0 Å². The van der Waals surface area contributed by atoms with Crippen molar-refractivity contribution < 1.29 is 27.9 Å². The molecule has 8 heteroatoms. The summed E-state index contributed by atoms with van der Waals surface area (Å²) in [7, 11) is 0. The molecule has 1 unspecified atom stereocenters. The highest BCUT2D eigenvalue weighted by Crippen LogP contribution is 2.15. The SMILES string of the molecule is O=C(NC(CC(F)F)C(=O)O)c1cc(Cl)ccc1F. The Morgan fingerprint density at radius 2 is 2.00 bits per heavy atom. The van der Waals surface area contributed by atoms with Gasteiger partial charge in [-0.2, -0.15) is 0 Å². The third kappa shape index (κ3) is 4.44. The van der Waals surface area contributed by atoms with Gasteiger partial charge in [-0.15, -0.1) is 0 Å². The Labute approximate surface area is 111 Å². The Morgan fingerprint density at radius 1 is 1.37 bits per heavy atom. The fraction of sp³-hybridized carbons (Fsp3) is 0.273. The van der Waals surface area contributed by atoms with Gasteiger partial charge in [0.05, 0.1) is 5.56 Å². The van der Waals surface area contributed by atoms with Gasteiger partial charge in [0, 0.05) is 11.4 Å². The summed E-state index contributed by atoms with van der Waals surface area (Å²) >= 11 is 5.56. The molecule has 0 radical (unpaired) electrons. The van der Waals surface area contributed by atoms with Gasteiger partial charge in [0.15, 0.2) is 0 Å². The van der Waals surface area contributed by atoms with E-state index in [2.05, 4.69) is 0 Å². The highest BCUT2D eigenvalue weighted by Gasteiger charge is 2.25. The normalized spacial score (nSPS) is 12.3. The van der Waals surface area contributed by atoms with Crippen LogP contribution in [0, 0.1) is 5.82 Å². The Kier molecular flexibility index (Phi) is 5.17. The van der Waals surface area contributed by atoms with Gasteiger partial charge in [-0.3, -0.25) is 4.79 Å². The first-order valence-electron chi connectivity index (χ1n) is 5.08. The van der Waals surface area contributed by atoms with Gasteiger partial charge < -0.3 is 10.4 Å². The van der Waals surface area contributed by atoms with Crippen LogP contribution in [0.5, 0.6) is 0 Å². The topological polar surface area (TPSA) is 66.4 Å². The number of alkyl halides is 2. The number of carbonyl (C=O) groups is 2. The molecule has 19 heavy (non-hydrogen) atoms. The highest BCUT2D eigenvalue weighted by molar-refractivity contribution is 6.31. The third-order valence-corrected chi connectivity index (χ3v) is 2.43. The van der Waals surface area contributed by atoms with Gasteiger partial charge in [-0.1, -0.05) is 11.6 Å². The maximum atomic E-state index is 13.3. The van der Waals surface area contributed by atoms with Gasteiger partial charge in [0.25, 0.3) is 5.91 Å². The lowest BCUT2D eigenvalue weighted by Gasteiger charge is -2.14. The first-order valence-corrected chi connectivity index (χ1v) is 5.46. The van der Waals surface area contributed by atoms with Crippen LogP contribution in [-0.2, 0) is 4.79 Å². The number of carboxylic acids is 1. The summed E-state index contributed by atoms with van der Waals surface area (Å²) in [6.07, 6.45) is -3.98. The third-order valence-electron chi connectivity index (χ3n) is 2.19. The molecule has 1 rings (SSSR count). The molecule has 2 N–H and O–H groups in total. The second kappa shape index (κ2) is 6.42. The van der Waals surface area contributed by atoms with E-state index in [-0.39, 0.29) is 5.02 Å². The van der Waals surface area contributed by atoms with Crippen LogP contribution in [0.15, 0.2) is 18.2 Å². The lowest BCUT2D eigenvalue weighted by atomic mass is 10.1. The minimum atomic E-state index is -2.91. The van der Waals surface area contributed by atoms with Gasteiger partial charge in [0.2, 0.25) is 6.43 Å². The van der Waals surface area contributed by atoms with Crippen molar-refractivity contribution >= 4 is 23.5 Å². The van der Waals surface area contributed by atoms with Gasteiger partial charge in [-0.25, -0.2) is 18.0 Å². The van der Waals surface area contributed by atoms with Crippen LogP contribution < -0.4 is 5.32 Å². The van der Waals surface area contributed by atoms with Crippen molar-refractivity contribution in [3.63, 3.8) is 0 Å². The highest BCUT2D eigenvalue weighted by atomic mass is 35.5. The second-order valence-electron chi connectivity index (χ2n) is 3.62. The van der Waals surface area contributed by atoms with Crippen molar-refractivity contribution in [2.24, 2.45) is 0 Å². The smallest absolute Gasteiger partial charge is 0.326 e. The summed E-state index contributed by atoms with van der Waals surface area (Å²) in [6.45, 7) is 0. The number of hydrogen-bond donors (Lipinski definition) is 2. The summed E-state index contributed by atoms with van der Waals surface area (Å²) in [5.41, 5.74) is -0.506. The number of carbonyl (C=O) groups excluding carboxylic acids is 1. The lowest BCUT2D eigenvalue weighted by molar-refractivity contribution is -0.140. The standard InChI is InChI=1S/C11H9ClF3NO3/c12-5-1-2-7(13)6(3-5)10(17)16-8(11(18)19)4-9(14)15/h1-3,8-9H,4H2,(H,16,17)(H,18,19). The largest absolute Gasteiger partial charge is 0.480 e. The summed E-state index contributed by atoms with van der Waals surface area (Å²) < 4.78 is 37.6. The van der Waals surface area contributed by atoms with Gasteiger partial charge in [-0.05, 0) is 18.2 Å². The number of carboxylic acid groups (broad SMARTS) is 1. The van der Waals surface area contributed by atoms with Crippen molar-refractivity contribution in [3.8, 4) is 0 Å². The van der Waals surface area contributed by atoms with E-state index in [4.69, 9.17) is 16.7 Å². The Balaban J connectivity index is 2.87. The Bertz CT molecular complexity index is 496. The Morgan fingerprint density at radius 3 is 2.53 bits per heavy atom. The van der Waals surface area contributed by atoms with Crippen molar-refractivity contribution in [2.45, 2.75) is 18.9 Å². The van der Waals surface area contributed by atoms with Crippen LogP contribution in [0.25, 0.3) is 0 Å². The van der Waals surface area contributed by atoms with Crippen LogP contribution in [0.2, 0.25) is 5.02 Å².